The zero-order valence-electron chi connectivity index (χ0n) is 16.7. The van der Waals surface area contributed by atoms with Gasteiger partial charge in [0.25, 0.3) is 0 Å². The quantitative estimate of drug-likeness (QED) is 0.372. The molecule has 0 unspecified atom stereocenters. The van der Waals surface area contributed by atoms with Crippen LogP contribution in [0.4, 0.5) is 0 Å². The van der Waals surface area contributed by atoms with E-state index in [-0.39, 0.29) is 11.8 Å². The monoisotopic (exact) mass is 382 g/mol. The van der Waals surface area contributed by atoms with Crippen LogP contribution in [-0.2, 0) is 11.3 Å². The zero-order valence-corrected chi connectivity index (χ0v) is 16.7. The molecule has 1 saturated carbocycles. The van der Waals surface area contributed by atoms with Gasteiger partial charge < -0.3 is 20.5 Å². The first-order chi connectivity index (χ1) is 13.7. The minimum Gasteiger partial charge on any atom is -0.356 e. The lowest BCUT2D eigenvalue weighted by Gasteiger charge is -2.24. The average Bonchev–Trinajstić information content (AvgIpc) is 3.12. The molecule has 0 bridgehead atoms. The van der Waals surface area contributed by atoms with Crippen LogP contribution >= 0.6 is 0 Å². The highest BCUT2D eigenvalue weighted by Gasteiger charge is 2.24. The zero-order chi connectivity index (χ0) is 19.8. The van der Waals surface area contributed by atoms with Crippen molar-refractivity contribution in [2.75, 3.05) is 27.2 Å². The highest BCUT2D eigenvalue weighted by Crippen LogP contribution is 2.26. The minimum atomic E-state index is 0.208. The minimum absolute atomic E-state index is 0.208. The normalized spacial score (nSPS) is 14.4. The maximum absolute atomic E-state index is 11.8. The molecule has 7 nitrogen and oxygen atoms in total. The van der Waals surface area contributed by atoms with Crippen molar-refractivity contribution in [3.8, 4) is 11.3 Å². The third-order valence-corrected chi connectivity index (χ3v) is 5.09. The standard InChI is InChI=1S/C21H30N6O/c1-22-21(24-13-7-12-23-20(28)17-10-6-11-17)27(2)15-19-25-14-18(26-19)16-8-4-3-5-9-16/h3-5,8-9,14,17H,6-7,10-13,15H2,1-2H3,(H,22,24)(H,23,28)(H,25,26). The van der Waals surface area contributed by atoms with Crippen LogP contribution in [0.5, 0.6) is 0 Å². The summed E-state index contributed by atoms with van der Waals surface area (Å²) in [5.74, 6) is 2.15. The van der Waals surface area contributed by atoms with E-state index in [1.165, 1.54) is 6.42 Å². The second-order valence-electron chi connectivity index (χ2n) is 7.21. The molecule has 28 heavy (non-hydrogen) atoms. The average molecular weight is 383 g/mol. The number of nitrogens with zero attached hydrogens (tertiary/aromatic N) is 3. The lowest BCUT2D eigenvalue weighted by atomic mass is 9.85. The summed E-state index contributed by atoms with van der Waals surface area (Å²) in [6.45, 7) is 2.09. The predicted molar refractivity (Wildman–Crippen MR) is 112 cm³/mol. The van der Waals surface area contributed by atoms with E-state index < -0.39 is 0 Å². The van der Waals surface area contributed by atoms with Crippen molar-refractivity contribution in [1.82, 2.24) is 25.5 Å². The van der Waals surface area contributed by atoms with Crippen molar-refractivity contribution in [1.29, 1.82) is 0 Å². The Balaban J connectivity index is 1.40. The van der Waals surface area contributed by atoms with Gasteiger partial charge in [-0.2, -0.15) is 0 Å². The van der Waals surface area contributed by atoms with Crippen molar-refractivity contribution in [3.05, 3.63) is 42.4 Å². The molecule has 0 atom stereocenters. The number of hydrogen-bond donors (Lipinski definition) is 3. The number of carbonyl (C=O) groups excluding carboxylic acids is 1. The molecule has 0 radical (unpaired) electrons. The van der Waals surface area contributed by atoms with Crippen LogP contribution in [-0.4, -0.2) is 53.9 Å². The number of amides is 1. The summed E-state index contributed by atoms with van der Waals surface area (Å²) in [6, 6.07) is 10.2. The number of carbonyl (C=O) groups is 1. The van der Waals surface area contributed by atoms with Crippen LogP contribution in [0, 0.1) is 5.92 Å². The van der Waals surface area contributed by atoms with Crippen molar-refractivity contribution < 1.29 is 4.79 Å². The summed E-state index contributed by atoms with van der Waals surface area (Å²) in [4.78, 5) is 26.0. The molecule has 1 aromatic carbocycles. The van der Waals surface area contributed by atoms with Crippen molar-refractivity contribution in [2.45, 2.75) is 32.2 Å². The topological polar surface area (TPSA) is 85.4 Å². The van der Waals surface area contributed by atoms with Crippen LogP contribution < -0.4 is 10.6 Å². The first kappa shape index (κ1) is 19.9. The predicted octanol–water partition coefficient (Wildman–Crippen LogP) is 2.39. The van der Waals surface area contributed by atoms with Crippen LogP contribution in [0.25, 0.3) is 11.3 Å². The van der Waals surface area contributed by atoms with E-state index in [1.54, 1.807) is 7.05 Å². The molecule has 3 N–H and O–H groups in total. The number of aromatic amines is 1. The highest BCUT2D eigenvalue weighted by molar-refractivity contribution is 5.80. The number of aliphatic imine (C=N–C) groups is 1. The largest absolute Gasteiger partial charge is 0.356 e. The number of benzene rings is 1. The van der Waals surface area contributed by atoms with E-state index in [0.717, 1.165) is 48.8 Å². The van der Waals surface area contributed by atoms with E-state index >= 15 is 0 Å². The number of guanidine groups is 1. The smallest absolute Gasteiger partial charge is 0.223 e. The SMILES string of the molecule is CN=C(NCCCNC(=O)C1CCC1)N(C)Cc1ncc(-c2ccccc2)[nH]1. The van der Waals surface area contributed by atoms with E-state index in [9.17, 15) is 4.79 Å². The summed E-state index contributed by atoms with van der Waals surface area (Å²) < 4.78 is 0. The van der Waals surface area contributed by atoms with Gasteiger partial charge in [-0.05, 0) is 24.8 Å². The van der Waals surface area contributed by atoms with Crippen molar-refractivity contribution >= 4 is 11.9 Å². The van der Waals surface area contributed by atoms with Crippen molar-refractivity contribution in [2.24, 2.45) is 10.9 Å². The van der Waals surface area contributed by atoms with Gasteiger partial charge in [-0.1, -0.05) is 36.8 Å². The Bertz CT molecular complexity index is 781. The summed E-state index contributed by atoms with van der Waals surface area (Å²) in [7, 11) is 3.76. The third kappa shape index (κ3) is 5.34. The van der Waals surface area contributed by atoms with Crippen LogP contribution in [0.1, 0.15) is 31.5 Å². The van der Waals surface area contributed by atoms with Crippen molar-refractivity contribution in [3.63, 3.8) is 0 Å². The Morgan fingerprint density at radius 3 is 2.68 bits per heavy atom. The maximum Gasteiger partial charge on any atom is 0.223 e. The lowest BCUT2D eigenvalue weighted by molar-refractivity contribution is -0.127. The lowest BCUT2D eigenvalue weighted by Crippen LogP contribution is -2.40. The molecule has 0 aliphatic heterocycles. The molecule has 7 heteroatoms. The summed E-state index contributed by atoms with van der Waals surface area (Å²) in [5.41, 5.74) is 2.13. The molecule has 3 rings (SSSR count). The van der Waals surface area contributed by atoms with Gasteiger partial charge in [0.15, 0.2) is 5.96 Å². The molecular weight excluding hydrogens is 352 g/mol. The van der Waals surface area contributed by atoms with Gasteiger partial charge in [-0.15, -0.1) is 0 Å². The van der Waals surface area contributed by atoms with Gasteiger partial charge in [0.05, 0.1) is 18.4 Å². The third-order valence-electron chi connectivity index (χ3n) is 5.09. The fourth-order valence-corrected chi connectivity index (χ4v) is 3.21. The maximum atomic E-state index is 11.8. The van der Waals surface area contributed by atoms with Crippen LogP contribution in [0.15, 0.2) is 41.5 Å². The summed E-state index contributed by atoms with van der Waals surface area (Å²) in [6.07, 6.45) is 6.00. The molecule has 1 fully saturated rings. The van der Waals surface area contributed by atoms with E-state index in [2.05, 4.69) is 37.7 Å². The number of nitrogens with one attached hydrogen (secondary N) is 3. The van der Waals surface area contributed by atoms with Gasteiger partial charge in [0.2, 0.25) is 5.91 Å². The number of H-pyrrole nitrogens is 1. The molecule has 1 aromatic heterocycles. The first-order valence-corrected chi connectivity index (χ1v) is 9.96. The number of hydrogen-bond acceptors (Lipinski definition) is 3. The Morgan fingerprint density at radius 1 is 1.25 bits per heavy atom. The van der Waals surface area contributed by atoms with E-state index in [1.807, 2.05) is 36.3 Å². The Labute approximate surface area is 166 Å². The van der Waals surface area contributed by atoms with Crippen LogP contribution in [0.2, 0.25) is 0 Å². The summed E-state index contributed by atoms with van der Waals surface area (Å²) in [5, 5.41) is 6.36. The Hall–Kier alpha value is -2.83. The highest BCUT2D eigenvalue weighted by atomic mass is 16.1. The van der Waals surface area contributed by atoms with Gasteiger partial charge in [0, 0.05) is 33.1 Å². The second kappa shape index (κ2) is 9.92. The molecule has 2 aromatic rings. The first-order valence-electron chi connectivity index (χ1n) is 9.96. The molecule has 0 spiro atoms. The van der Waals surface area contributed by atoms with Gasteiger partial charge in [-0.25, -0.2) is 4.98 Å². The summed E-state index contributed by atoms with van der Waals surface area (Å²) >= 11 is 0. The van der Waals surface area contributed by atoms with Gasteiger partial charge in [0.1, 0.15) is 5.82 Å². The number of imidazole rings is 1. The van der Waals surface area contributed by atoms with Crippen LogP contribution in [0.3, 0.4) is 0 Å². The fraction of sp³-hybridized carbons (Fsp3) is 0.476. The number of rotatable bonds is 8. The van der Waals surface area contributed by atoms with Gasteiger partial charge in [-0.3, -0.25) is 9.79 Å². The molecule has 150 valence electrons. The molecular formula is C21H30N6O. The Morgan fingerprint density at radius 2 is 2.00 bits per heavy atom. The Kier molecular flexibility index (Phi) is 7.06. The molecule has 1 aliphatic carbocycles. The second-order valence-corrected chi connectivity index (χ2v) is 7.21. The van der Waals surface area contributed by atoms with E-state index in [4.69, 9.17) is 0 Å². The fourth-order valence-electron chi connectivity index (χ4n) is 3.21. The van der Waals surface area contributed by atoms with Gasteiger partial charge >= 0.3 is 0 Å². The number of aromatic nitrogens is 2. The molecule has 0 saturated heterocycles. The molecule has 1 aliphatic rings. The molecule has 1 amide bonds. The van der Waals surface area contributed by atoms with E-state index in [0.29, 0.717) is 13.1 Å². The molecule has 1 heterocycles.